The second-order valence-corrected chi connectivity index (χ2v) is 6.21. The highest BCUT2D eigenvalue weighted by Crippen LogP contribution is 2.39. The Kier molecular flexibility index (Phi) is 4.93. The van der Waals surface area contributed by atoms with Gasteiger partial charge in [0.15, 0.2) is 0 Å². The first-order valence-electron chi connectivity index (χ1n) is 6.57. The van der Waals surface area contributed by atoms with Crippen LogP contribution in [0.25, 0.3) is 0 Å². The number of carbonyl (C=O) groups is 1. The summed E-state index contributed by atoms with van der Waals surface area (Å²) in [5, 5.41) is 22.2. The SMILES string of the molecule is CC(=CCNCC1(O)CCC(C)(C)CC1)C(=O)O. The van der Waals surface area contributed by atoms with Crippen LogP contribution in [-0.2, 0) is 4.79 Å². The van der Waals surface area contributed by atoms with Gasteiger partial charge in [0.25, 0.3) is 0 Å². The Balaban J connectivity index is 2.32. The van der Waals surface area contributed by atoms with E-state index in [0.717, 1.165) is 25.7 Å². The highest BCUT2D eigenvalue weighted by molar-refractivity contribution is 5.85. The number of aliphatic hydroxyl groups is 1. The normalized spacial score (nSPS) is 22.8. The van der Waals surface area contributed by atoms with Crippen LogP contribution in [0.3, 0.4) is 0 Å². The molecule has 1 aliphatic rings. The number of hydrogen-bond acceptors (Lipinski definition) is 3. The fourth-order valence-corrected chi connectivity index (χ4v) is 2.19. The molecule has 4 nitrogen and oxygen atoms in total. The third kappa shape index (κ3) is 4.78. The van der Waals surface area contributed by atoms with Gasteiger partial charge in [-0.05, 0) is 38.0 Å². The minimum atomic E-state index is -0.894. The fraction of sp³-hybridized carbons (Fsp3) is 0.786. The molecule has 0 radical (unpaired) electrons. The molecule has 0 heterocycles. The predicted molar refractivity (Wildman–Crippen MR) is 71.5 cm³/mol. The van der Waals surface area contributed by atoms with E-state index in [2.05, 4.69) is 19.2 Å². The molecule has 0 saturated heterocycles. The molecule has 0 aliphatic heterocycles. The third-order valence-electron chi connectivity index (χ3n) is 3.88. The van der Waals surface area contributed by atoms with E-state index in [1.807, 2.05) is 0 Å². The molecule has 1 fully saturated rings. The lowest BCUT2D eigenvalue weighted by molar-refractivity contribution is -0.132. The molecule has 0 unspecified atom stereocenters. The lowest BCUT2D eigenvalue weighted by atomic mass is 9.71. The molecule has 0 aromatic rings. The fourth-order valence-electron chi connectivity index (χ4n) is 2.19. The van der Waals surface area contributed by atoms with E-state index in [1.54, 1.807) is 13.0 Å². The summed E-state index contributed by atoms with van der Waals surface area (Å²) in [6.07, 6.45) is 5.34. The zero-order chi connectivity index (χ0) is 13.8. The average Bonchev–Trinajstić information content (AvgIpc) is 2.29. The van der Waals surface area contributed by atoms with Gasteiger partial charge in [0.1, 0.15) is 0 Å². The van der Waals surface area contributed by atoms with Crippen molar-refractivity contribution in [1.82, 2.24) is 5.32 Å². The average molecular weight is 255 g/mol. The van der Waals surface area contributed by atoms with Gasteiger partial charge in [0.2, 0.25) is 0 Å². The van der Waals surface area contributed by atoms with Crippen molar-refractivity contribution in [2.75, 3.05) is 13.1 Å². The first-order valence-corrected chi connectivity index (χ1v) is 6.57. The van der Waals surface area contributed by atoms with Crippen molar-refractivity contribution in [3.05, 3.63) is 11.6 Å². The van der Waals surface area contributed by atoms with Crippen LogP contribution in [0.2, 0.25) is 0 Å². The monoisotopic (exact) mass is 255 g/mol. The number of nitrogens with one attached hydrogen (secondary N) is 1. The molecule has 1 rings (SSSR count). The molecular weight excluding hydrogens is 230 g/mol. The van der Waals surface area contributed by atoms with Gasteiger partial charge in [0, 0.05) is 18.7 Å². The van der Waals surface area contributed by atoms with Crippen LogP contribution < -0.4 is 5.32 Å². The van der Waals surface area contributed by atoms with Gasteiger partial charge in [-0.3, -0.25) is 0 Å². The van der Waals surface area contributed by atoms with Gasteiger partial charge in [-0.2, -0.15) is 0 Å². The van der Waals surface area contributed by atoms with Gasteiger partial charge in [-0.25, -0.2) is 4.79 Å². The van der Waals surface area contributed by atoms with E-state index in [1.165, 1.54) is 0 Å². The van der Waals surface area contributed by atoms with Crippen molar-refractivity contribution in [2.24, 2.45) is 5.41 Å². The van der Waals surface area contributed by atoms with Crippen molar-refractivity contribution in [3.8, 4) is 0 Å². The highest BCUT2D eigenvalue weighted by Gasteiger charge is 2.36. The molecule has 0 bridgehead atoms. The Morgan fingerprint density at radius 1 is 1.28 bits per heavy atom. The Hall–Kier alpha value is -0.870. The summed E-state index contributed by atoms with van der Waals surface area (Å²) in [5.41, 5.74) is 0.0475. The zero-order valence-corrected chi connectivity index (χ0v) is 11.6. The second-order valence-electron chi connectivity index (χ2n) is 6.21. The van der Waals surface area contributed by atoms with E-state index in [-0.39, 0.29) is 0 Å². The standard InChI is InChI=1S/C14H25NO3/c1-11(12(16)17)4-9-15-10-14(18)7-5-13(2,3)6-8-14/h4,15,18H,5-10H2,1-3H3,(H,16,17). The van der Waals surface area contributed by atoms with Crippen molar-refractivity contribution in [1.29, 1.82) is 0 Å². The summed E-state index contributed by atoms with van der Waals surface area (Å²) in [7, 11) is 0. The quantitative estimate of drug-likeness (QED) is 0.518. The Bertz CT molecular complexity index is 324. The lowest BCUT2D eigenvalue weighted by Gasteiger charge is -2.40. The van der Waals surface area contributed by atoms with Crippen LogP contribution in [0.15, 0.2) is 11.6 Å². The van der Waals surface area contributed by atoms with Gasteiger partial charge < -0.3 is 15.5 Å². The van der Waals surface area contributed by atoms with Crippen LogP contribution >= 0.6 is 0 Å². The molecule has 0 amide bonds. The molecule has 0 spiro atoms. The summed E-state index contributed by atoms with van der Waals surface area (Å²) in [5.74, 6) is -0.894. The molecule has 0 atom stereocenters. The molecule has 18 heavy (non-hydrogen) atoms. The third-order valence-corrected chi connectivity index (χ3v) is 3.88. The van der Waals surface area contributed by atoms with E-state index < -0.39 is 11.6 Å². The maximum Gasteiger partial charge on any atom is 0.330 e. The van der Waals surface area contributed by atoms with Gasteiger partial charge in [0.05, 0.1) is 5.60 Å². The van der Waals surface area contributed by atoms with E-state index in [4.69, 9.17) is 5.11 Å². The summed E-state index contributed by atoms with van der Waals surface area (Å²) in [4.78, 5) is 10.6. The van der Waals surface area contributed by atoms with Gasteiger partial charge in [-0.15, -0.1) is 0 Å². The van der Waals surface area contributed by atoms with E-state index in [9.17, 15) is 9.90 Å². The maximum absolute atomic E-state index is 10.6. The van der Waals surface area contributed by atoms with Crippen LogP contribution in [0.1, 0.15) is 46.5 Å². The number of rotatable bonds is 5. The molecule has 104 valence electrons. The predicted octanol–water partition coefficient (Wildman–Crippen LogP) is 1.94. The zero-order valence-electron chi connectivity index (χ0n) is 11.6. The molecule has 1 saturated carbocycles. The van der Waals surface area contributed by atoms with Gasteiger partial charge >= 0.3 is 5.97 Å². The molecule has 4 heteroatoms. The number of carboxylic acids is 1. The summed E-state index contributed by atoms with van der Waals surface area (Å²) in [6.45, 7) is 7.07. The van der Waals surface area contributed by atoms with Gasteiger partial charge in [-0.1, -0.05) is 19.9 Å². The topological polar surface area (TPSA) is 69.6 Å². The lowest BCUT2D eigenvalue weighted by Crippen LogP contribution is -2.45. The Morgan fingerprint density at radius 2 is 1.83 bits per heavy atom. The minimum Gasteiger partial charge on any atom is -0.478 e. The summed E-state index contributed by atoms with van der Waals surface area (Å²) >= 11 is 0. The highest BCUT2D eigenvalue weighted by atomic mass is 16.4. The molecule has 0 aromatic heterocycles. The van der Waals surface area contributed by atoms with Crippen LogP contribution in [0.4, 0.5) is 0 Å². The number of carboxylic acid groups (broad SMARTS) is 1. The van der Waals surface area contributed by atoms with Crippen molar-refractivity contribution < 1.29 is 15.0 Å². The van der Waals surface area contributed by atoms with E-state index >= 15 is 0 Å². The van der Waals surface area contributed by atoms with Crippen LogP contribution in [-0.4, -0.2) is 34.9 Å². The largest absolute Gasteiger partial charge is 0.478 e. The minimum absolute atomic E-state index is 0.333. The van der Waals surface area contributed by atoms with Crippen molar-refractivity contribution in [2.45, 2.75) is 52.1 Å². The Morgan fingerprint density at radius 3 is 2.33 bits per heavy atom. The first kappa shape index (κ1) is 15.2. The smallest absolute Gasteiger partial charge is 0.330 e. The molecular formula is C14H25NO3. The summed E-state index contributed by atoms with van der Waals surface area (Å²) < 4.78 is 0. The molecule has 3 N–H and O–H groups in total. The Labute approximate surface area is 109 Å². The molecule has 0 aromatic carbocycles. The number of hydrogen-bond donors (Lipinski definition) is 3. The summed E-state index contributed by atoms with van der Waals surface area (Å²) in [6, 6.07) is 0. The van der Waals surface area contributed by atoms with Crippen LogP contribution in [0, 0.1) is 5.41 Å². The van der Waals surface area contributed by atoms with Crippen LogP contribution in [0.5, 0.6) is 0 Å². The second kappa shape index (κ2) is 5.85. The maximum atomic E-state index is 10.6. The van der Waals surface area contributed by atoms with Crippen molar-refractivity contribution >= 4 is 5.97 Å². The molecule has 1 aliphatic carbocycles. The number of aliphatic carboxylic acids is 1. The first-order chi connectivity index (χ1) is 8.24. The van der Waals surface area contributed by atoms with Crippen molar-refractivity contribution in [3.63, 3.8) is 0 Å². The van der Waals surface area contributed by atoms with E-state index in [0.29, 0.717) is 24.1 Å².